The second kappa shape index (κ2) is 10.5. The Morgan fingerprint density at radius 2 is 1.03 bits per heavy atom. The summed E-state index contributed by atoms with van der Waals surface area (Å²) in [4.78, 5) is 4.83. The van der Waals surface area contributed by atoms with E-state index in [0.29, 0.717) is 19.1 Å². The molecular weight excluding hydrogens is 492 g/mol. The van der Waals surface area contributed by atoms with Crippen molar-refractivity contribution >= 4 is 48.1 Å². The fraction of sp³-hybridized carbons (Fsp3) is 0.867. The van der Waals surface area contributed by atoms with Crippen LogP contribution in [-0.4, -0.2) is 73.5 Å². The molecule has 0 aliphatic rings. The molecule has 0 fully saturated rings. The monoisotopic (exact) mass is 522 g/mol. The van der Waals surface area contributed by atoms with Crippen LogP contribution in [0.2, 0.25) is 0 Å². The van der Waals surface area contributed by atoms with Gasteiger partial charge in [0.2, 0.25) is 0 Å². The maximum atomic E-state index is 12.0. The molecule has 31 heavy (non-hydrogen) atoms. The molecule has 0 aromatic rings. The largest absolute Gasteiger partial charge is 0.496 e. The minimum Gasteiger partial charge on any atom is -0.359 e. The van der Waals surface area contributed by atoms with Crippen LogP contribution in [0, 0.1) is 0 Å². The minimum atomic E-state index is -4.22. The highest BCUT2D eigenvalue weighted by Gasteiger charge is 2.53. The number of sulfone groups is 4. The van der Waals surface area contributed by atoms with E-state index in [-0.39, 0.29) is 5.75 Å². The Kier molecular flexibility index (Phi) is 10.7. The van der Waals surface area contributed by atoms with Gasteiger partial charge in [0.05, 0.1) is 21.5 Å². The van der Waals surface area contributed by atoms with E-state index in [1.807, 2.05) is 0 Å². The molecule has 12 nitrogen and oxygen atoms in total. The smallest absolute Gasteiger partial charge is 0.359 e. The summed E-state index contributed by atoms with van der Waals surface area (Å²) in [6, 6.07) is 0. The molecule has 16 heteroatoms. The second-order valence-corrected chi connectivity index (χ2v) is 18.1. The summed E-state index contributed by atoms with van der Waals surface area (Å²) in [5, 5.41) is 0. The second-order valence-electron chi connectivity index (χ2n) is 8.41. The first-order valence-corrected chi connectivity index (χ1v) is 15.3. The Bertz CT molecular complexity index is 1140. The van der Waals surface area contributed by atoms with Crippen molar-refractivity contribution in [1.29, 1.82) is 0 Å². The van der Waals surface area contributed by atoms with E-state index in [1.165, 1.54) is 41.5 Å². The average Bonchev–Trinajstić information content (AvgIpc) is 2.50. The first-order chi connectivity index (χ1) is 13.4. The maximum Gasteiger partial charge on any atom is 0.496 e. The third-order valence-corrected chi connectivity index (χ3v) is 13.0. The van der Waals surface area contributed by atoms with Crippen molar-refractivity contribution in [2.45, 2.75) is 70.8 Å². The molecule has 0 saturated carbocycles. The van der Waals surface area contributed by atoms with Crippen LogP contribution in [0.5, 0.6) is 0 Å². The van der Waals surface area contributed by atoms with Crippen molar-refractivity contribution in [3.8, 4) is 0 Å². The predicted octanol–water partition coefficient (Wildman–Crippen LogP) is 0.831. The molecule has 0 aromatic heterocycles. The summed E-state index contributed by atoms with van der Waals surface area (Å²) in [5.74, 6) is -0.323. The van der Waals surface area contributed by atoms with Gasteiger partial charge in [-0.15, -0.1) is 9.58 Å². The zero-order valence-electron chi connectivity index (χ0n) is 18.8. The van der Waals surface area contributed by atoms with Gasteiger partial charge in [-0.1, -0.05) is 13.3 Å². The van der Waals surface area contributed by atoms with Gasteiger partial charge in [-0.3, -0.25) is 0 Å². The zero-order chi connectivity index (χ0) is 25.7. The average molecular weight is 523 g/mol. The van der Waals surface area contributed by atoms with Crippen molar-refractivity contribution in [2.75, 3.05) is 12.0 Å². The van der Waals surface area contributed by atoms with Crippen LogP contribution >= 0.6 is 0 Å². The molecular formula is C15H30N4O8S4. The van der Waals surface area contributed by atoms with Gasteiger partial charge in [-0.05, 0) is 48.0 Å². The molecule has 0 heterocycles. The van der Waals surface area contributed by atoms with Gasteiger partial charge in [-0.2, -0.15) is 0 Å². The summed E-state index contributed by atoms with van der Waals surface area (Å²) < 4.78 is 87.4. The summed E-state index contributed by atoms with van der Waals surface area (Å²) in [7, 11) is -16.4. The normalized spacial score (nSPS) is 13.3. The number of hydrogen-bond donors (Lipinski definition) is 0. The van der Waals surface area contributed by atoms with Gasteiger partial charge in [0.15, 0.2) is 0 Å². The molecule has 182 valence electrons. The molecule has 0 amide bonds. The Balaban J connectivity index is 0. The molecule has 0 saturated heterocycles. The predicted molar refractivity (Wildman–Crippen MR) is 118 cm³/mol. The van der Waals surface area contributed by atoms with Crippen LogP contribution in [-0.2, 0) is 39.3 Å². The van der Waals surface area contributed by atoms with Crippen molar-refractivity contribution in [3.05, 3.63) is 11.1 Å². The number of rotatable bonds is 3. The minimum absolute atomic E-state index is 0.323. The zero-order valence-corrected chi connectivity index (χ0v) is 22.1. The Morgan fingerprint density at radius 1 is 0.710 bits per heavy atom. The van der Waals surface area contributed by atoms with E-state index >= 15 is 0 Å². The molecule has 0 aliphatic carbocycles. The van der Waals surface area contributed by atoms with E-state index in [1.54, 1.807) is 6.92 Å². The van der Waals surface area contributed by atoms with E-state index in [2.05, 4.69) is 9.58 Å². The van der Waals surface area contributed by atoms with Crippen LogP contribution in [0.25, 0.3) is 11.1 Å². The Hall–Kier alpha value is -1.44. The molecule has 0 atom stereocenters. The van der Waals surface area contributed by atoms with Crippen molar-refractivity contribution in [3.63, 3.8) is 0 Å². The van der Waals surface area contributed by atoms with Crippen LogP contribution in [0.1, 0.15) is 61.3 Å². The summed E-state index contributed by atoms with van der Waals surface area (Å²) in [6.07, 6.45) is 1.63. The lowest BCUT2D eigenvalue weighted by atomic mass is 10.3. The molecule has 0 N–H and O–H groups in total. The lowest BCUT2D eigenvalue weighted by molar-refractivity contribution is 0.00333. The Labute approximate surface area is 185 Å². The molecule has 0 rings (SSSR count). The number of hydrogen-bond acceptors (Lipinski definition) is 8. The quantitative estimate of drug-likeness (QED) is 0.223. The lowest BCUT2D eigenvalue weighted by Gasteiger charge is -2.20. The summed E-state index contributed by atoms with van der Waals surface area (Å²) in [6.45, 7) is 9.80. The molecule has 0 unspecified atom stereocenters. The van der Waals surface area contributed by atoms with Gasteiger partial charge in [-0.25, -0.2) is 33.7 Å². The first-order valence-electron chi connectivity index (χ1n) is 8.81. The highest BCUT2D eigenvalue weighted by atomic mass is 32.3. The van der Waals surface area contributed by atoms with E-state index in [0.717, 1.165) is 0 Å². The first kappa shape index (κ1) is 31.7. The topological polar surface area (TPSA) is 209 Å². The van der Waals surface area contributed by atoms with Gasteiger partial charge in [0.25, 0.3) is 39.3 Å². The summed E-state index contributed by atoms with van der Waals surface area (Å²) >= 11 is 0. The molecule has 0 aliphatic heterocycles. The fourth-order valence-corrected chi connectivity index (χ4v) is 8.69. The van der Waals surface area contributed by atoms with Gasteiger partial charge < -0.3 is 11.1 Å². The molecule has 0 radical (unpaired) electrons. The Morgan fingerprint density at radius 3 is 1.23 bits per heavy atom. The highest BCUT2D eigenvalue weighted by Crippen LogP contribution is 2.25. The van der Waals surface area contributed by atoms with E-state index in [9.17, 15) is 33.7 Å². The third-order valence-electron chi connectivity index (χ3n) is 3.59. The lowest BCUT2D eigenvalue weighted by Crippen LogP contribution is -2.45. The third kappa shape index (κ3) is 8.20. The molecule has 0 aromatic carbocycles. The molecule has 0 spiro atoms. The number of nitrogens with zero attached hydrogens (tertiary/aromatic N) is 4. The van der Waals surface area contributed by atoms with E-state index < -0.39 is 57.6 Å². The van der Waals surface area contributed by atoms with Crippen molar-refractivity contribution < 1.29 is 43.3 Å². The van der Waals surface area contributed by atoms with Crippen LogP contribution in [0.4, 0.5) is 0 Å². The maximum absolute atomic E-state index is 12.0. The van der Waals surface area contributed by atoms with Crippen LogP contribution in [0.15, 0.2) is 0 Å². The van der Waals surface area contributed by atoms with Crippen LogP contribution in [0.3, 0.4) is 0 Å². The van der Waals surface area contributed by atoms with Gasteiger partial charge in [0, 0.05) is 0 Å². The SMILES string of the molecule is CC(C)(C)S(=O)(=O)C(=[N+]=[N-])S(=O)(=O)C(C)(C)C.CCCCS(=O)(=O)C(=[N+]=[N-])S(C)(=O)=O. The van der Waals surface area contributed by atoms with Gasteiger partial charge in [0.1, 0.15) is 0 Å². The van der Waals surface area contributed by atoms with E-state index in [4.69, 9.17) is 11.1 Å². The van der Waals surface area contributed by atoms with Gasteiger partial charge >= 0.3 is 8.75 Å². The fourth-order valence-electron chi connectivity index (χ4n) is 1.56. The number of unbranched alkanes of at least 4 members (excludes halogenated alkanes) is 1. The van der Waals surface area contributed by atoms with Crippen molar-refractivity contribution in [1.82, 2.24) is 0 Å². The van der Waals surface area contributed by atoms with Crippen LogP contribution < -0.4 is 0 Å². The highest BCUT2D eigenvalue weighted by molar-refractivity contribution is 8.32. The summed E-state index contributed by atoms with van der Waals surface area (Å²) in [5.41, 5.74) is 17.1. The molecule has 0 bridgehead atoms. The standard InChI is InChI=1S/C9H18N2O4S2.C6H12N2O4S2/c1-8(2,3)16(12,13)7(11-10)17(14,15)9(4,5)6;1-3-4-5-14(11,12)6(8-7)13(2,9)10/h1-6H3;3-5H2,1-2H3. The van der Waals surface area contributed by atoms with Crippen molar-refractivity contribution in [2.24, 2.45) is 0 Å².